The van der Waals surface area contributed by atoms with Gasteiger partial charge < -0.3 is 10.4 Å². The number of amides is 1. The first-order chi connectivity index (χ1) is 8.58. The number of aromatic amines is 1. The summed E-state index contributed by atoms with van der Waals surface area (Å²) >= 11 is 3.15. The maximum absolute atomic E-state index is 11.9. The fourth-order valence-electron chi connectivity index (χ4n) is 1.35. The second-order valence-electron chi connectivity index (χ2n) is 3.63. The lowest BCUT2D eigenvalue weighted by Crippen LogP contribution is -2.27. The smallest absolute Gasteiger partial charge is 0.251 e. The molecule has 0 saturated carbocycles. The lowest BCUT2D eigenvalue weighted by Gasteiger charge is -2.10. The van der Waals surface area contributed by atoms with E-state index in [2.05, 4.69) is 41.9 Å². The average Bonchev–Trinajstić information content (AvgIpc) is 2.86. The van der Waals surface area contributed by atoms with Crippen molar-refractivity contribution < 1.29 is 9.90 Å². The molecule has 0 saturated heterocycles. The molecule has 1 atom stereocenters. The van der Waals surface area contributed by atoms with Crippen molar-refractivity contribution >= 4 is 21.8 Å². The lowest BCUT2D eigenvalue weighted by molar-refractivity contribution is 0.0938. The van der Waals surface area contributed by atoms with Crippen LogP contribution < -0.4 is 5.32 Å². The zero-order valence-corrected chi connectivity index (χ0v) is 11.0. The summed E-state index contributed by atoms with van der Waals surface area (Å²) in [5, 5.41) is 25.5. The summed E-state index contributed by atoms with van der Waals surface area (Å²) in [6, 6.07) is 4.20. The normalized spacial score (nSPS) is 12.1. The number of aromatic nitrogens is 4. The van der Waals surface area contributed by atoms with Gasteiger partial charge in [-0.05, 0) is 41.1 Å². The van der Waals surface area contributed by atoms with Crippen molar-refractivity contribution in [2.24, 2.45) is 0 Å². The molecule has 0 aliphatic carbocycles. The van der Waals surface area contributed by atoms with Crippen molar-refractivity contribution in [3.8, 4) is 5.75 Å². The molecule has 7 nitrogen and oxygen atoms in total. The predicted molar refractivity (Wildman–Crippen MR) is 65.9 cm³/mol. The average molecular weight is 312 g/mol. The first-order valence-electron chi connectivity index (χ1n) is 5.10. The molecular formula is C10H10BrN5O2. The number of carbonyl (C=O) groups is 1. The molecule has 3 N–H and O–H groups in total. The van der Waals surface area contributed by atoms with Crippen molar-refractivity contribution in [3.05, 3.63) is 34.1 Å². The number of aromatic hydroxyl groups is 1. The second-order valence-corrected chi connectivity index (χ2v) is 4.49. The quantitative estimate of drug-likeness (QED) is 0.789. The molecule has 0 spiro atoms. The lowest BCUT2D eigenvalue weighted by atomic mass is 10.2. The number of phenols is 1. The number of hydrogen-bond acceptors (Lipinski definition) is 5. The molecular weight excluding hydrogens is 302 g/mol. The van der Waals surface area contributed by atoms with E-state index in [4.69, 9.17) is 0 Å². The number of phenolic OH excluding ortho intramolecular Hbond substituents is 1. The Morgan fingerprint density at radius 1 is 1.56 bits per heavy atom. The largest absolute Gasteiger partial charge is 0.507 e. The standard InChI is InChI=1S/C10H10BrN5O2/c1-5(9-13-15-16-14-9)12-10(18)6-2-3-7(11)8(17)4-6/h2-5,17H,1H3,(H,12,18)(H,13,14,15,16). The van der Waals surface area contributed by atoms with Gasteiger partial charge in [-0.2, -0.15) is 5.21 Å². The molecule has 0 bridgehead atoms. The van der Waals surface area contributed by atoms with Gasteiger partial charge in [0.05, 0.1) is 10.5 Å². The highest BCUT2D eigenvalue weighted by atomic mass is 79.9. The van der Waals surface area contributed by atoms with Crippen LogP contribution >= 0.6 is 15.9 Å². The van der Waals surface area contributed by atoms with E-state index < -0.39 is 0 Å². The van der Waals surface area contributed by atoms with E-state index in [-0.39, 0.29) is 17.7 Å². The van der Waals surface area contributed by atoms with E-state index in [1.165, 1.54) is 6.07 Å². The second kappa shape index (κ2) is 5.13. The van der Waals surface area contributed by atoms with Crippen molar-refractivity contribution in [2.75, 3.05) is 0 Å². The highest BCUT2D eigenvalue weighted by Crippen LogP contribution is 2.24. The van der Waals surface area contributed by atoms with Crippen LogP contribution in [-0.2, 0) is 0 Å². The van der Waals surface area contributed by atoms with Crippen LogP contribution in [0.1, 0.15) is 29.1 Å². The Bertz CT molecular complexity index is 557. The maximum atomic E-state index is 11.9. The van der Waals surface area contributed by atoms with E-state index in [1.807, 2.05) is 0 Å². The van der Waals surface area contributed by atoms with Crippen molar-refractivity contribution in [1.29, 1.82) is 0 Å². The minimum absolute atomic E-state index is 0.00913. The van der Waals surface area contributed by atoms with Crippen LogP contribution in [-0.4, -0.2) is 31.6 Å². The molecule has 1 unspecified atom stereocenters. The Labute approximate surface area is 111 Å². The molecule has 0 aliphatic heterocycles. The van der Waals surface area contributed by atoms with E-state index >= 15 is 0 Å². The van der Waals surface area contributed by atoms with Gasteiger partial charge in [-0.15, -0.1) is 10.2 Å². The highest BCUT2D eigenvalue weighted by molar-refractivity contribution is 9.10. The Kier molecular flexibility index (Phi) is 3.56. The Morgan fingerprint density at radius 3 is 2.94 bits per heavy atom. The Balaban J connectivity index is 2.10. The Morgan fingerprint density at radius 2 is 2.33 bits per heavy atom. The minimum Gasteiger partial charge on any atom is -0.507 e. The van der Waals surface area contributed by atoms with Crippen LogP contribution in [0.2, 0.25) is 0 Å². The molecule has 8 heteroatoms. The minimum atomic E-state index is -0.373. The highest BCUT2D eigenvalue weighted by Gasteiger charge is 2.15. The number of halogens is 1. The number of hydrogen-bond donors (Lipinski definition) is 3. The Hall–Kier alpha value is -1.96. The van der Waals surface area contributed by atoms with Gasteiger partial charge in [0.2, 0.25) is 0 Å². The van der Waals surface area contributed by atoms with E-state index in [9.17, 15) is 9.90 Å². The van der Waals surface area contributed by atoms with Crippen LogP contribution in [0.15, 0.2) is 22.7 Å². The summed E-state index contributed by atoms with van der Waals surface area (Å²) in [5.41, 5.74) is 0.353. The molecule has 94 valence electrons. The van der Waals surface area contributed by atoms with Gasteiger partial charge in [-0.25, -0.2) is 0 Å². The monoisotopic (exact) mass is 311 g/mol. The van der Waals surface area contributed by atoms with Gasteiger partial charge in [0.25, 0.3) is 5.91 Å². The van der Waals surface area contributed by atoms with Gasteiger partial charge in [0.1, 0.15) is 5.75 Å². The fraction of sp³-hybridized carbons (Fsp3) is 0.200. The molecule has 0 aliphatic rings. The molecule has 0 fully saturated rings. The third-order valence-corrected chi connectivity index (χ3v) is 2.98. The van der Waals surface area contributed by atoms with Crippen LogP contribution in [0.5, 0.6) is 5.75 Å². The molecule has 1 aromatic carbocycles. The summed E-state index contributed by atoms with van der Waals surface area (Å²) in [6.45, 7) is 1.74. The number of nitrogens with zero attached hydrogens (tertiary/aromatic N) is 3. The molecule has 0 radical (unpaired) electrons. The summed E-state index contributed by atoms with van der Waals surface area (Å²) < 4.78 is 0.533. The molecule has 2 rings (SSSR count). The third kappa shape index (κ3) is 2.65. The van der Waals surface area contributed by atoms with E-state index in [0.717, 1.165) is 0 Å². The SMILES string of the molecule is CC(NC(=O)c1ccc(Br)c(O)c1)c1nn[nH]n1. The first kappa shape index (κ1) is 12.5. The molecule has 1 aromatic heterocycles. The summed E-state index contributed by atoms with van der Waals surface area (Å²) in [6.07, 6.45) is 0. The van der Waals surface area contributed by atoms with E-state index in [1.54, 1.807) is 19.1 Å². The van der Waals surface area contributed by atoms with Crippen LogP contribution in [0, 0.1) is 0 Å². The number of nitrogens with one attached hydrogen (secondary N) is 2. The van der Waals surface area contributed by atoms with E-state index in [0.29, 0.717) is 15.9 Å². The summed E-state index contributed by atoms with van der Waals surface area (Å²) in [5.74, 6) is 0.0784. The molecule has 2 aromatic rings. The first-order valence-corrected chi connectivity index (χ1v) is 5.90. The van der Waals surface area contributed by atoms with Crippen LogP contribution in [0.25, 0.3) is 0 Å². The topological polar surface area (TPSA) is 104 Å². The predicted octanol–water partition coefficient (Wildman–Crippen LogP) is 1.16. The fourth-order valence-corrected chi connectivity index (χ4v) is 1.60. The number of H-pyrrole nitrogens is 1. The van der Waals surface area contributed by atoms with Gasteiger partial charge in [0, 0.05) is 5.56 Å². The summed E-state index contributed by atoms with van der Waals surface area (Å²) in [4.78, 5) is 11.9. The summed E-state index contributed by atoms with van der Waals surface area (Å²) in [7, 11) is 0. The zero-order chi connectivity index (χ0) is 13.1. The zero-order valence-electron chi connectivity index (χ0n) is 9.38. The number of tetrazole rings is 1. The van der Waals surface area contributed by atoms with Gasteiger partial charge in [-0.1, -0.05) is 5.21 Å². The number of benzene rings is 1. The number of rotatable bonds is 3. The molecule has 1 amide bonds. The van der Waals surface area contributed by atoms with Crippen molar-refractivity contribution in [3.63, 3.8) is 0 Å². The number of carbonyl (C=O) groups excluding carboxylic acids is 1. The maximum Gasteiger partial charge on any atom is 0.251 e. The van der Waals surface area contributed by atoms with Gasteiger partial charge >= 0.3 is 0 Å². The molecule has 1 heterocycles. The van der Waals surface area contributed by atoms with Crippen molar-refractivity contribution in [2.45, 2.75) is 13.0 Å². The van der Waals surface area contributed by atoms with Gasteiger partial charge in [0.15, 0.2) is 5.82 Å². The molecule has 18 heavy (non-hydrogen) atoms. The van der Waals surface area contributed by atoms with Crippen LogP contribution in [0.3, 0.4) is 0 Å². The van der Waals surface area contributed by atoms with Gasteiger partial charge in [-0.3, -0.25) is 4.79 Å². The van der Waals surface area contributed by atoms with Crippen molar-refractivity contribution in [1.82, 2.24) is 25.9 Å². The van der Waals surface area contributed by atoms with Crippen LogP contribution in [0.4, 0.5) is 0 Å². The third-order valence-electron chi connectivity index (χ3n) is 2.30.